The van der Waals surface area contributed by atoms with Crippen molar-refractivity contribution in [2.45, 2.75) is 12.8 Å². The van der Waals surface area contributed by atoms with Gasteiger partial charge in [0.15, 0.2) is 0 Å². The van der Waals surface area contributed by atoms with E-state index < -0.39 is 17.0 Å². The Morgan fingerprint density at radius 3 is 1.20 bits per heavy atom. The average Bonchev–Trinajstić information content (AvgIpc) is 2.28. The fourth-order valence-electron chi connectivity index (χ4n) is 0.236. The van der Waals surface area contributed by atoms with Crippen LogP contribution in [-0.2, 0) is 17.0 Å². The molecule has 0 fully saturated rings. The molecule has 0 nitrogen and oxygen atoms in total. The Balaban J connectivity index is -0.000000153. The van der Waals surface area contributed by atoms with Gasteiger partial charge >= 0.3 is 35.6 Å². The zero-order chi connectivity index (χ0) is 12.7. The van der Waals surface area contributed by atoms with E-state index in [0.29, 0.717) is 11.8 Å². The SMILES string of the molecule is C=CC([CH2-])C[CH2-].C=CC([CH2-])C[CH2-].[Cl][Ti+4][Cl]. The number of halogens is 2. The first-order valence-corrected chi connectivity index (χ1v) is 8.79. The summed E-state index contributed by atoms with van der Waals surface area (Å²) in [6.07, 6.45) is 5.30. The van der Waals surface area contributed by atoms with Crippen molar-refractivity contribution in [2.75, 3.05) is 0 Å². The number of rotatable bonds is 4. The standard InChI is InChI=1S/2C6H10.2ClH.Ti/c2*1-4-6(3)5-2;;;/h2*4,6H,1-3,5H2;2*1H;/q2*-2;;;+6/p-2. The van der Waals surface area contributed by atoms with Crippen molar-refractivity contribution in [3.05, 3.63) is 53.0 Å². The summed E-state index contributed by atoms with van der Waals surface area (Å²) >= 11 is -0.556. The molecule has 0 rings (SSSR count). The van der Waals surface area contributed by atoms with Crippen LogP contribution in [0.4, 0.5) is 0 Å². The van der Waals surface area contributed by atoms with Crippen molar-refractivity contribution in [3.63, 3.8) is 0 Å². The van der Waals surface area contributed by atoms with Crippen molar-refractivity contribution in [3.8, 4) is 0 Å². The molecule has 2 atom stereocenters. The molecule has 0 bridgehead atoms. The van der Waals surface area contributed by atoms with Gasteiger partial charge in [-0.2, -0.15) is 11.8 Å². The van der Waals surface area contributed by atoms with Crippen LogP contribution in [0.5, 0.6) is 0 Å². The Bertz CT molecular complexity index is 113. The van der Waals surface area contributed by atoms with Crippen molar-refractivity contribution in [1.82, 2.24) is 0 Å². The third-order valence-electron chi connectivity index (χ3n) is 1.41. The van der Waals surface area contributed by atoms with Crippen LogP contribution in [-0.4, -0.2) is 0 Å². The van der Waals surface area contributed by atoms with E-state index in [1.165, 1.54) is 0 Å². The fraction of sp³-hybridized carbons (Fsp3) is 0.333. The molecular formula is C12H20Cl2Ti. The third kappa shape index (κ3) is 31.3. The second kappa shape index (κ2) is 20.2. The van der Waals surface area contributed by atoms with Gasteiger partial charge in [0.05, 0.1) is 0 Å². The Labute approximate surface area is 113 Å². The molecule has 0 saturated heterocycles. The summed E-state index contributed by atoms with van der Waals surface area (Å²) in [6, 6.07) is 0. The van der Waals surface area contributed by atoms with Gasteiger partial charge in [0.25, 0.3) is 0 Å². The van der Waals surface area contributed by atoms with Gasteiger partial charge in [-0.25, -0.2) is 12.8 Å². The molecule has 0 saturated carbocycles. The second-order valence-electron chi connectivity index (χ2n) is 2.64. The van der Waals surface area contributed by atoms with Crippen LogP contribution in [0.2, 0.25) is 0 Å². The molecule has 0 radical (unpaired) electrons. The van der Waals surface area contributed by atoms with Crippen LogP contribution in [0.3, 0.4) is 0 Å². The summed E-state index contributed by atoms with van der Waals surface area (Å²) < 4.78 is 0. The molecule has 15 heavy (non-hydrogen) atoms. The molecule has 0 aromatic rings. The van der Waals surface area contributed by atoms with E-state index in [1.807, 2.05) is 0 Å². The van der Waals surface area contributed by atoms with Gasteiger partial charge in [0.2, 0.25) is 0 Å². The minimum absolute atomic E-state index is 0.338. The molecule has 0 heterocycles. The van der Waals surface area contributed by atoms with Crippen LogP contribution in [0.25, 0.3) is 0 Å². The zero-order valence-corrected chi connectivity index (χ0v) is 12.3. The van der Waals surface area contributed by atoms with E-state index >= 15 is 0 Å². The molecule has 2 unspecified atom stereocenters. The molecule has 0 amide bonds. The van der Waals surface area contributed by atoms with Crippen LogP contribution < -0.4 is 0 Å². The number of hydrogen-bond donors (Lipinski definition) is 0. The third-order valence-corrected chi connectivity index (χ3v) is 1.41. The van der Waals surface area contributed by atoms with Gasteiger partial charge in [0.1, 0.15) is 0 Å². The van der Waals surface area contributed by atoms with Crippen molar-refractivity contribution in [1.29, 1.82) is 0 Å². The van der Waals surface area contributed by atoms with E-state index in [9.17, 15) is 0 Å². The number of allylic oxidation sites excluding steroid dienone is 2. The van der Waals surface area contributed by atoms with Crippen molar-refractivity contribution >= 4 is 18.6 Å². The Morgan fingerprint density at radius 2 is 1.20 bits per heavy atom. The summed E-state index contributed by atoms with van der Waals surface area (Å²) in [5.74, 6) is 0.676. The summed E-state index contributed by atoms with van der Waals surface area (Å²) in [6.45, 7) is 21.7. The van der Waals surface area contributed by atoms with Crippen molar-refractivity contribution in [2.24, 2.45) is 11.8 Å². The predicted octanol–water partition coefficient (Wildman–Crippen LogP) is 5.07. The topological polar surface area (TPSA) is 0 Å². The predicted molar refractivity (Wildman–Crippen MR) is 69.7 cm³/mol. The maximum absolute atomic E-state index is 4.89. The summed E-state index contributed by atoms with van der Waals surface area (Å²) in [7, 11) is 9.78. The molecule has 0 aliphatic rings. The molecular weight excluding hydrogens is 263 g/mol. The van der Waals surface area contributed by atoms with E-state index in [4.69, 9.17) is 18.6 Å². The van der Waals surface area contributed by atoms with Gasteiger partial charge in [0, 0.05) is 0 Å². The molecule has 3 heteroatoms. The first-order chi connectivity index (χ1) is 7.03. The number of hydrogen-bond acceptors (Lipinski definition) is 0. The summed E-state index contributed by atoms with van der Waals surface area (Å²) in [4.78, 5) is 0. The molecule has 0 aliphatic carbocycles. The average molecular weight is 283 g/mol. The quantitative estimate of drug-likeness (QED) is 0.384. The van der Waals surface area contributed by atoms with Crippen molar-refractivity contribution < 1.29 is 17.0 Å². The maximum atomic E-state index is 4.89. The molecule has 0 N–H and O–H groups in total. The van der Waals surface area contributed by atoms with Gasteiger partial charge in [-0.15, -0.1) is 25.3 Å². The van der Waals surface area contributed by atoms with Gasteiger partial charge in [-0.1, -0.05) is 0 Å². The Kier molecular flexibility index (Phi) is 28.4. The molecule has 0 spiro atoms. The van der Waals surface area contributed by atoms with Gasteiger partial charge in [-0.3, -0.25) is 0 Å². The van der Waals surface area contributed by atoms with Crippen LogP contribution in [0.15, 0.2) is 25.3 Å². The van der Waals surface area contributed by atoms with E-state index in [2.05, 4.69) is 40.9 Å². The summed E-state index contributed by atoms with van der Waals surface area (Å²) in [5, 5.41) is 0. The van der Waals surface area contributed by atoms with Gasteiger partial charge < -0.3 is 27.7 Å². The van der Waals surface area contributed by atoms with Crippen LogP contribution in [0, 0.1) is 39.5 Å². The van der Waals surface area contributed by atoms with E-state index in [1.54, 1.807) is 12.2 Å². The minimum atomic E-state index is -0.556. The Hall–Kier alpha value is 0.774. The molecule has 86 valence electrons. The van der Waals surface area contributed by atoms with Crippen LogP contribution >= 0.6 is 18.6 Å². The molecule has 0 aromatic carbocycles. The van der Waals surface area contributed by atoms with E-state index in [0.717, 1.165) is 12.8 Å². The zero-order valence-electron chi connectivity index (χ0n) is 9.22. The molecule has 0 aromatic heterocycles. The fourth-order valence-corrected chi connectivity index (χ4v) is 0.236. The Morgan fingerprint density at radius 1 is 1.00 bits per heavy atom. The van der Waals surface area contributed by atoms with Gasteiger partial charge in [-0.05, 0) is 0 Å². The van der Waals surface area contributed by atoms with E-state index in [-0.39, 0.29) is 0 Å². The first-order valence-electron chi connectivity index (χ1n) is 4.49. The monoisotopic (exact) mass is 282 g/mol. The summed E-state index contributed by atoms with van der Waals surface area (Å²) in [5.41, 5.74) is 0. The second-order valence-corrected chi connectivity index (χ2v) is 5.22. The normalized spacial score (nSPS) is 12.4. The first kappa shape index (κ1) is 21.1. The van der Waals surface area contributed by atoms with Crippen LogP contribution in [0.1, 0.15) is 12.8 Å². The molecule has 0 aliphatic heterocycles.